The van der Waals surface area contributed by atoms with Crippen LogP contribution in [0.3, 0.4) is 0 Å². The third-order valence-corrected chi connectivity index (χ3v) is 7.68. The molecule has 1 heterocycles. The lowest BCUT2D eigenvalue weighted by Crippen LogP contribution is -2.39. The van der Waals surface area contributed by atoms with Gasteiger partial charge in [-0.2, -0.15) is 0 Å². The number of ketones is 2. The Labute approximate surface area is 226 Å². The molecule has 0 unspecified atom stereocenters. The largest absolute Gasteiger partial charge is 0.493 e. The normalized spacial score (nSPS) is 17.9. The van der Waals surface area contributed by atoms with Crippen LogP contribution in [0.15, 0.2) is 65.0 Å². The Morgan fingerprint density at radius 1 is 0.974 bits per heavy atom. The summed E-state index contributed by atoms with van der Waals surface area (Å²) in [5.74, 6) is -0.322. The first kappa shape index (κ1) is 26.0. The highest BCUT2D eigenvalue weighted by Gasteiger charge is 2.43. The van der Waals surface area contributed by atoms with E-state index < -0.39 is 11.9 Å². The molecule has 2 aromatic carbocycles. The number of aliphatic carboxylic acids is 1. The molecule has 0 amide bonds. The SMILES string of the molecule is COc1cc(C2C3=C(CCCC3=O)N(CCC(=O)O)C3=C2C(=O)CCC3)ccc1OCc1cccc(Cl)c1. The van der Waals surface area contributed by atoms with Crippen molar-refractivity contribution in [2.24, 2.45) is 0 Å². The molecule has 38 heavy (non-hydrogen) atoms. The summed E-state index contributed by atoms with van der Waals surface area (Å²) in [6.07, 6.45) is 3.55. The van der Waals surface area contributed by atoms with Crippen molar-refractivity contribution in [1.29, 1.82) is 0 Å². The molecule has 0 atom stereocenters. The molecule has 3 aliphatic rings. The Balaban J connectivity index is 1.55. The van der Waals surface area contributed by atoms with E-state index in [4.69, 9.17) is 21.1 Å². The van der Waals surface area contributed by atoms with Crippen molar-refractivity contribution in [2.45, 2.75) is 57.5 Å². The molecule has 0 saturated carbocycles. The summed E-state index contributed by atoms with van der Waals surface area (Å²) in [6, 6.07) is 13.0. The second-order valence-electron chi connectivity index (χ2n) is 9.83. The molecule has 0 spiro atoms. The highest BCUT2D eigenvalue weighted by atomic mass is 35.5. The molecular weight excluding hydrogens is 506 g/mol. The van der Waals surface area contributed by atoms with Gasteiger partial charge in [0.2, 0.25) is 0 Å². The van der Waals surface area contributed by atoms with Gasteiger partial charge in [0.05, 0.1) is 13.5 Å². The number of hydrogen-bond donors (Lipinski definition) is 1. The van der Waals surface area contributed by atoms with Crippen LogP contribution in [0.25, 0.3) is 0 Å². The van der Waals surface area contributed by atoms with Crippen LogP contribution in [-0.2, 0) is 21.0 Å². The van der Waals surface area contributed by atoms with Crippen molar-refractivity contribution in [2.75, 3.05) is 13.7 Å². The van der Waals surface area contributed by atoms with Crippen LogP contribution in [0.1, 0.15) is 62.0 Å². The summed E-state index contributed by atoms with van der Waals surface area (Å²) in [4.78, 5) is 40.1. The molecule has 5 rings (SSSR count). The number of carboxylic acids is 1. The minimum Gasteiger partial charge on any atom is -0.493 e. The molecule has 0 radical (unpaired) electrons. The van der Waals surface area contributed by atoms with E-state index in [9.17, 15) is 19.5 Å². The summed E-state index contributed by atoms with van der Waals surface area (Å²) in [6.45, 7) is 0.555. The van der Waals surface area contributed by atoms with Crippen LogP contribution in [0.2, 0.25) is 5.02 Å². The molecule has 0 bridgehead atoms. The number of carbonyl (C=O) groups excluding carboxylic acids is 2. The Kier molecular flexibility index (Phi) is 7.56. The number of carboxylic acid groups (broad SMARTS) is 1. The topological polar surface area (TPSA) is 93.1 Å². The number of methoxy groups -OCH3 is 1. The minimum absolute atomic E-state index is 0.0155. The molecule has 0 aromatic heterocycles. The van der Waals surface area contributed by atoms with Gasteiger partial charge < -0.3 is 19.5 Å². The Hall–Kier alpha value is -3.58. The molecule has 2 aliphatic carbocycles. The molecular formula is C30H30ClNO6. The number of hydrogen-bond acceptors (Lipinski definition) is 6. The lowest BCUT2D eigenvalue weighted by Gasteiger charge is -2.44. The summed E-state index contributed by atoms with van der Waals surface area (Å²) in [5.41, 5.74) is 4.67. The molecule has 0 saturated heterocycles. The number of rotatable bonds is 8. The van der Waals surface area contributed by atoms with Crippen LogP contribution in [0, 0.1) is 0 Å². The van der Waals surface area contributed by atoms with Crippen molar-refractivity contribution in [1.82, 2.24) is 4.90 Å². The van der Waals surface area contributed by atoms with Gasteiger partial charge in [0.25, 0.3) is 0 Å². The monoisotopic (exact) mass is 535 g/mol. The van der Waals surface area contributed by atoms with Gasteiger partial charge in [0.1, 0.15) is 6.61 Å². The number of benzene rings is 2. The van der Waals surface area contributed by atoms with Crippen LogP contribution < -0.4 is 9.47 Å². The number of allylic oxidation sites excluding steroid dienone is 4. The third kappa shape index (κ3) is 5.07. The first-order valence-electron chi connectivity index (χ1n) is 12.9. The van der Waals surface area contributed by atoms with Crippen molar-refractivity contribution >= 4 is 29.1 Å². The summed E-state index contributed by atoms with van der Waals surface area (Å²) in [5, 5.41) is 9.99. The van der Waals surface area contributed by atoms with E-state index in [0.29, 0.717) is 72.8 Å². The zero-order chi connectivity index (χ0) is 26.8. The smallest absolute Gasteiger partial charge is 0.305 e. The zero-order valence-corrected chi connectivity index (χ0v) is 22.1. The number of ether oxygens (including phenoxy) is 2. The fraction of sp³-hybridized carbons (Fsp3) is 0.367. The van der Waals surface area contributed by atoms with Crippen LogP contribution in [0.4, 0.5) is 0 Å². The average Bonchev–Trinajstić information content (AvgIpc) is 2.90. The van der Waals surface area contributed by atoms with E-state index in [2.05, 4.69) is 0 Å². The zero-order valence-electron chi connectivity index (χ0n) is 21.3. The maximum absolute atomic E-state index is 13.4. The third-order valence-electron chi connectivity index (χ3n) is 7.44. The van der Waals surface area contributed by atoms with Crippen molar-refractivity contribution < 1.29 is 29.0 Å². The second kappa shape index (κ2) is 11.0. The van der Waals surface area contributed by atoms with E-state index in [1.807, 2.05) is 41.3 Å². The van der Waals surface area contributed by atoms with Gasteiger partial charge in [-0.05, 0) is 61.1 Å². The van der Waals surface area contributed by atoms with Gasteiger partial charge in [0, 0.05) is 52.9 Å². The van der Waals surface area contributed by atoms with E-state index in [0.717, 1.165) is 22.5 Å². The van der Waals surface area contributed by atoms with Crippen LogP contribution in [0.5, 0.6) is 11.5 Å². The lowest BCUT2D eigenvalue weighted by molar-refractivity contribution is -0.137. The van der Waals surface area contributed by atoms with Gasteiger partial charge in [-0.15, -0.1) is 0 Å². The van der Waals surface area contributed by atoms with Crippen molar-refractivity contribution in [3.63, 3.8) is 0 Å². The minimum atomic E-state index is -0.904. The first-order chi connectivity index (χ1) is 18.4. The highest BCUT2D eigenvalue weighted by Crippen LogP contribution is 2.50. The standard InChI is InChI=1S/C30H30ClNO6/c1-37-26-16-19(11-12-25(26)38-17-18-5-2-6-20(31)15-18)28-29-21(7-3-9-23(29)33)32(14-13-27(35)36)22-8-4-10-24(34)30(22)28/h2,5-6,11-12,15-16,28H,3-4,7-10,13-14,17H2,1H3,(H,35,36). The predicted molar refractivity (Wildman–Crippen MR) is 142 cm³/mol. The second-order valence-corrected chi connectivity index (χ2v) is 10.3. The summed E-state index contributed by atoms with van der Waals surface area (Å²) < 4.78 is 11.7. The number of halogens is 1. The summed E-state index contributed by atoms with van der Waals surface area (Å²) in [7, 11) is 1.56. The number of carbonyl (C=O) groups is 3. The number of Topliss-reactive ketones (excluding diaryl/α,β-unsaturated/α-hetero) is 2. The Morgan fingerprint density at radius 3 is 2.26 bits per heavy atom. The maximum atomic E-state index is 13.4. The van der Waals surface area contributed by atoms with Crippen molar-refractivity contribution in [3.8, 4) is 11.5 Å². The van der Waals surface area contributed by atoms with Gasteiger partial charge in [-0.25, -0.2) is 0 Å². The molecule has 2 aromatic rings. The Bertz CT molecular complexity index is 1320. The van der Waals surface area contributed by atoms with Gasteiger partial charge in [-0.3, -0.25) is 14.4 Å². The highest BCUT2D eigenvalue weighted by molar-refractivity contribution is 6.30. The van der Waals surface area contributed by atoms with E-state index in [-0.39, 0.29) is 24.5 Å². The van der Waals surface area contributed by atoms with Gasteiger partial charge in [0.15, 0.2) is 23.1 Å². The summed E-state index contributed by atoms with van der Waals surface area (Å²) >= 11 is 6.10. The van der Waals surface area contributed by atoms with E-state index >= 15 is 0 Å². The molecule has 0 fully saturated rings. The van der Waals surface area contributed by atoms with E-state index in [1.54, 1.807) is 13.2 Å². The quantitative estimate of drug-likeness (QED) is 0.455. The Morgan fingerprint density at radius 2 is 1.66 bits per heavy atom. The fourth-order valence-electron chi connectivity index (χ4n) is 5.80. The van der Waals surface area contributed by atoms with Crippen molar-refractivity contribution in [3.05, 3.63) is 81.2 Å². The maximum Gasteiger partial charge on any atom is 0.305 e. The van der Waals surface area contributed by atoms with E-state index in [1.165, 1.54) is 0 Å². The van der Waals surface area contributed by atoms with Gasteiger partial charge in [-0.1, -0.05) is 29.8 Å². The van der Waals surface area contributed by atoms with Gasteiger partial charge >= 0.3 is 5.97 Å². The lowest BCUT2D eigenvalue weighted by atomic mass is 9.71. The van der Waals surface area contributed by atoms with Crippen LogP contribution in [-0.4, -0.2) is 41.2 Å². The predicted octanol–water partition coefficient (Wildman–Crippen LogP) is 5.82. The van der Waals surface area contributed by atoms with Crippen LogP contribution >= 0.6 is 11.6 Å². The average molecular weight is 536 g/mol. The molecule has 7 nitrogen and oxygen atoms in total. The number of nitrogens with zero attached hydrogens (tertiary/aromatic N) is 1. The molecule has 1 N–H and O–H groups in total. The molecule has 8 heteroatoms. The fourth-order valence-corrected chi connectivity index (χ4v) is 6.01. The molecule has 198 valence electrons. The first-order valence-corrected chi connectivity index (χ1v) is 13.3. The molecule has 1 aliphatic heterocycles.